The fourth-order valence-electron chi connectivity index (χ4n) is 1.23. The van der Waals surface area contributed by atoms with E-state index in [4.69, 9.17) is 0 Å². The average molecular weight is 139 g/mol. The van der Waals surface area contributed by atoms with Gasteiger partial charge in [-0.1, -0.05) is 11.6 Å². The smallest absolute Gasteiger partial charge is 0.189 e. The van der Waals surface area contributed by atoms with Crippen molar-refractivity contribution in [1.29, 1.82) is 0 Å². The molecule has 1 aliphatic rings. The first-order chi connectivity index (χ1) is 4.61. The zero-order valence-corrected chi connectivity index (χ0v) is 6.68. The summed E-state index contributed by atoms with van der Waals surface area (Å²) in [6.07, 6.45) is 2.01. The molecule has 0 aromatic rings. The maximum absolute atomic E-state index is 9.32. The summed E-state index contributed by atoms with van der Waals surface area (Å²) >= 11 is 0. The van der Waals surface area contributed by atoms with Crippen molar-refractivity contribution in [1.82, 2.24) is 4.90 Å². The standard InChI is InChI=1S/C8H13NO/c1-6-4-7(2)8(10)9(3)5-6/h4,10H,5H2,1-3H3. The summed E-state index contributed by atoms with van der Waals surface area (Å²) in [5.41, 5.74) is 2.24. The van der Waals surface area contributed by atoms with Gasteiger partial charge in [-0.3, -0.25) is 0 Å². The first-order valence-corrected chi connectivity index (χ1v) is 3.39. The highest BCUT2D eigenvalue weighted by molar-refractivity contribution is 5.27. The molecule has 0 saturated heterocycles. The molecule has 10 heavy (non-hydrogen) atoms. The highest BCUT2D eigenvalue weighted by atomic mass is 16.3. The van der Waals surface area contributed by atoms with Gasteiger partial charge in [0.1, 0.15) is 0 Å². The molecule has 0 fully saturated rings. The lowest BCUT2D eigenvalue weighted by Crippen LogP contribution is -2.23. The van der Waals surface area contributed by atoms with Crippen LogP contribution < -0.4 is 0 Å². The average Bonchev–Trinajstić information content (AvgIpc) is 1.82. The third-order valence-electron chi connectivity index (χ3n) is 1.66. The molecule has 1 aliphatic heterocycles. The summed E-state index contributed by atoms with van der Waals surface area (Å²) in [6, 6.07) is 0. The Morgan fingerprint density at radius 3 is 2.60 bits per heavy atom. The van der Waals surface area contributed by atoms with Crippen molar-refractivity contribution in [2.75, 3.05) is 13.6 Å². The maximum Gasteiger partial charge on any atom is 0.189 e. The number of hydrogen-bond acceptors (Lipinski definition) is 2. The Morgan fingerprint density at radius 2 is 2.10 bits per heavy atom. The van der Waals surface area contributed by atoms with E-state index in [1.165, 1.54) is 5.57 Å². The van der Waals surface area contributed by atoms with Crippen LogP contribution in [0.25, 0.3) is 0 Å². The SMILES string of the molecule is CC1=CC(C)=C(O)N(C)C1. The summed E-state index contributed by atoms with van der Waals surface area (Å²) in [4.78, 5) is 1.84. The molecular weight excluding hydrogens is 126 g/mol. The summed E-state index contributed by atoms with van der Waals surface area (Å²) < 4.78 is 0. The van der Waals surface area contributed by atoms with E-state index in [9.17, 15) is 5.11 Å². The minimum absolute atomic E-state index is 0.394. The van der Waals surface area contributed by atoms with Crippen LogP contribution in [0.3, 0.4) is 0 Å². The molecule has 0 spiro atoms. The Balaban J connectivity index is 2.92. The molecule has 56 valence electrons. The van der Waals surface area contributed by atoms with Crippen LogP contribution >= 0.6 is 0 Å². The van der Waals surface area contributed by atoms with Gasteiger partial charge >= 0.3 is 0 Å². The van der Waals surface area contributed by atoms with E-state index in [1.54, 1.807) is 0 Å². The molecule has 0 aromatic heterocycles. The largest absolute Gasteiger partial charge is 0.494 e. The summed E-state index contributed by atoms with van der Waals surface area (Å²) in [5, 5.41) is 9.32. The van der Waals surface area contributed by atoms with E-state index < -0.39 is 0 Å². The van der Waals surface area contributed by atoms with Crippen LogP contribution in [0.1, 0.15) is 13.8 Å². The lowest BCUT2D eigenvalue weighted by molar-refractivity contribution is 0.236. The van der Waals surface area contributed by atoms with E-state index in [1.807, 2.05) is 24.9 Å². The summed E-state index contributed by atoms with van der Waals surface area (Å²) in [7, 11) is 1.88. The second-order valence-electron chi connectivity index (χ2n) is 2.85. The maximum atomic E-state index is 9.32. The van der Waals surface area contributed by atoms with Gasteiger partial charge in [0.25, 0.3) is 0 Å². The first kappa shape index (κ1) is 7.19. The molecule has 1 heterocycles. The van der Waals surface area contributed by atoms with Crippen LogP contribution in [-0.4, -0.2) is 23.6 Å². The van der Waals surface area contributed by atoms with Crippen LogP contribution in [0.2, 0.25) is 0 Å². The number of rotatable bonds is 0. The molecule has 2 heteroatoms. The van der Waals surface area contributed by atoms with Crippen molar-refractivity contribution >= 4 is 0 Å². The van der Waals surface area contributed by atoms with E-state index in [0.29, 0.717) is 5.88 Å². The Kier molecular flexibility index (Phi) is 1.70. The molecule has 0 amide bonds. The number of aliphatic hydroxyl groups is 1. The van der Waals surface area contributed by atoms with E-state index in [-0.39, 0.29) is 0 Å². The fourth-order valence-corrected chi connectivity index (χ4v) is 1.23. The lowest BCUT2D eigenvalue weighted by atomic mass is 10.1. The van der Waals surface area contributed by atoms with Crippen LogP contribution in [0.4, 0.5) is 0 Å². The van der Waals surface area contributed by atoms with Crippen molar-refractivity contribution in [2.45, 2.75) is 13.8 Å². The van der Waals surface area contributed by atoms with Crippen LogP contribution in [0.15, 0.2) is 23.1 Å². The minimum Gasteiger partial charge on any atom is -0.494 e. The first-order valence-electron chi connectivity index (χ1n) is 3.39. The van der Waals surface area contributed by atoms with Gasteiger partial charge in [-0.05, 0) is 13.8 Å². The molecule has 0 aromatic carbocycles. The van der Waals surface area contributed by atoms with Gasteiger partial charge in [0, 0.05) is 19.2 Å². The predicted octanol–water partition coefficient (Wildman–Crippen LogP) is 1.67. The minimum atomic E-state index is 0.394. The Bertz CT molecular complexity index is 203. The Hall–Kier alpha value is -0.920. The number of nitrogens with zero attached hydrogens (tertiary/aromatic N) is 1. The molecule has 0 saturated carbocycles. The molecule has 0 aliphatic carbocycles. The van der Waals surface area contributed by atoms with Crippen molar-refractivity contribution in [3.8, 4) is 0 Å². The molecule has 0 atom stereocenters. The molecule has 1 rings (SSSR count). The second kappa shape index (κ2) is 2.37. The van der Waals surface area contributed by atoms with Crippen LogP contribution in [-0.2, 0) is 0 Å². The third-order valence-corrected chi connectivity index (χ3v) is 1.66. The second-order valence-corrected chi connectivity index (χ2v) is 2.85. The predicted molar refractivity (Wildman–Crippen MR) is 41.7 cm³/mol. The number of aliphatic hydroxyl groups excluding tert-OH is 1. The van der Waals surface area contributed by atoms with Crippen molar-refractivity contribution in [3.05, 3.63) is 23.1 Å². The van der Waals surface area contributed by atoms with Crippen molar-refractivity contribution in [2.24, 2.45) is 0 Å². The Labute approximate surface area is 61.5 Å². The molecule has 0 radical (unpaired) electrons. The molecule has 0 bridgehead atoms. The van der Waals surface area contributed by atoms with Gasteiger partial charge in [-0.2, -0.15) is 0 Å². The van der Waals surface area contributed by atoms with Crippen LogP contribution in [0, 0.1) is 0 Å². The lowest BCUT2D eigenvalue weighted by Gasteiger charge is -2.23. The van der Waals surface area contributed by atoms with Gasteiger partial charge in [0.15, 0.2) is 5.88 Å². The summed E-state index contributed by atoms with van der Waals surface area (Å²) in [6.45, 7) is 4.81. The number of allylic oxidation sites excluding steroid dienone is 2. The van der Waals surface area contributed by atoms with Gasteiger partial charge in [-0.25, -0.2) is 0 Å². The zero-order chi connectivity index (χ0) is 7.72. The highest BCUT2D eigenvalue weighted by Gasteiger charge is 2.10. The molecule has 0 unspecified atom stereocenters. The van der Waals surface area contributed by atoms with Crippen molar-refractivity contribution in [3.63, 3.8) is 0 Å². The van der Waals surface area contributed by atoms with E-state index >= 15 is 0 Å². The molecule has 1 N–H and O–H groups in total. The van der Waals surface area contributed by atoms with E-state index in [0.717, 1.165) is 12.1 Å². The van der Waals surface area contributed by atoms with Gasteiger partial charge in [0.2, 0.25) is 0 Å². The third kappa shape index (κ3) is 1.15. The Morgan fingerprint density at radius 1 is 1.50 bits per heavy atom. The van der Waals surface area contributed by atoms with E-state index in [2.05, 4.69) is 6.92 Å². The quantitative estimate of drug-likeness (QED) is 0.551. The highest BCUT2D eigenvalue weighted by Crippen LogP contribution is 2.15. The number of likely N-dealkylation sites (N-methyl/N-ethyl adjacent to an activating group) is 1. The summed E-state index contributed by atoms with van der Waals surface area (Å²) in [5.74, 6) is 0.394. The van der Waals surface area contributed by atoms with Gasteiger partial charge in [0.05, 0.1) is 0 Å². The normalized spacial score (nSPS) is 19.5. The zero-order valence-electron chi connectivity index (χ0n) is 6.68. The number of hydrogen-bond donors (Lipinski definition) is 1. The van der Waals surface area contributed by atoms with Gasteiger partial charge in [-0.15, -0.1) is 0 Å². The fraction of sp³-hybridized carbons (Fsp3) is 0.500. The van der Waals surface area contributed by atoms with Gasteiger partial charge < -0.3 is 10.0 Å². The van der Waals surface area contributed by atoms with Crippen LogP contribution in [0.5, 0.6) is 0 Å². The molecule has 2 nitrogen and oxygen atoms in total. The topological polar surface area (TPSA) is 23.5 Å². The molecular formula is C8H13NO. The monoisotopic (exact) mass is 139 g/mol. The van der Waals surface area contributed by atoms with Crippen molar-refractivity contribution < 1.29 is 5.11 Å².